The second-order valence-corrected chi connectivity index (χ2v) is 3.60. The zero-order valence-corrected chi connectivity index (χ0v) is 9.21. The molecule has 16 heavy (non-hydrogen) atoms. The Labute approximate surface area is 92.9 Å². The predicted molar refractivity (Wildman–Crippen MR) is 59.3 cm³/mol. The van der Waals surface area contributed by atoms with Crippen molar-refractivity contribution in [2.24, 2.45) is 7.05 Å². The summed E-state index contributed by atoms with van der Waals surface area (Å²) < 4.78 is 3.39. The molecule has 84 valence electrons. The van der Waals surface area contributed by atoms with E-state index in [1.807, 2.05) is 37.0 Å². The molecule has 2 aromatic rings. The van der Waals surface area contributed by atoms with Crippen molar-refractivity contribution >= 4 is 5.97 Å². The van der Waals surface area contributed by atoms with Crippen LogP contribution >= 0.6 is 0 Å². The Kier molecular flexibility index (Phi) is 2.52. The van der Waals surface area contributed by atoms with Crippen molar-refractivity contribution in [1.82, 2.24) is 14.3 Å². The highest BCUT2D eigenvalue weighted by Gasteiger charge is 2.14. The van der Waals surface area contributed by atoms with E-state index in [4.69, 9.17) is 5.11 Å². The van der Waals surface area contributed by atoms with Crippen molar-refractivity contribution in [3.8, 4) is 11.3 Å². The summed E-state index contributed by atoms with van der Waals surface area (Å²) in [4.78, 5) is 11.0. The van der Waals surface area contributed by atoms with Gasteiger partial charge >= 0.3 is 5.97 Å². The Bertz CT molecular complexity index is 525. The van der Waals surface area contributed by atoms with E-state index in [0.717, 1.165) is 5.56 Å². The van der Waals surface area contributed by atoms with Crippen molar-refractivity contribution in [1.29, 1.82) is 0 Å². The molecule has 0 fully saturated rings. The lowest BCUT2D eigenvalue weighted by Crippen LogP contribution is -2.07. The SMILES string of the molecule is CCn1nc(-c2ccn(C)c2)cc1C(=O)O. The van der Waals surface area contributed by atoms with Gasteiger partial charge in [0.15, 0.2) is 0 Å². The first-order valence-electron chi connectivity index (χ1n) is 5.05. The van der Waals surface area contributed by atoms with Crippen LogP contribution in [0.25, 0.3) is 11.3 Å². The molecule has 0 unspecified atom stereocenters. The maximum atomic E-state index is 11.0. The number of hydrogen-bond donors (Lipinski definition) is 1. The standard InChI is InChI=1S/C11H13N3O2/c1-3-14-10(11(15)16)6-9(12-14)8-4-5-13(2)7-8/h4-7H,3H2,1-2H3,(H,15,16). The number of aryl methyl sites for hydroxylation is 2. The van der Waals surface area contributed by atoms with Crippen LogP contribution in [-0.2, 0) is 13.6 Å². The van der Waals surface area contributed by atoms with E-state index in [9.17, 15) is 4.79 Å². The van der Waals surface area contributed by atoms with Crippen LogP contribution in [-0.4, -0.2) is 25.4 Å². The van der Waals surface area contributed by atoms with Gasteiger partial charge in [-0.2, -0.15) is 5.10 Å². The van der Waals surface area contributed by atoms with Crippen molar-refractivity contribution in [2.45, 2.75) is 13.5 Å². The minimum Gasteiger partial charge on any atom is -0.477 e. The van der Waals surface area contributed by atoms with Gasteiger partial charge in [0.1, 0.15) is 5.69 Å². The molecule has 2 heterocycles. The van der Waals surface area contributed by atoms with E-state index in [1.165, 1.54) is 4.68 Å². The minimum absolute atomic E-state index is 0.223. The number of rotatable bonds is 3. The molecule has 1 N–H and O–H groups in total. The Balaban J connectivity index is 2.47. The Morgan fingerprint density at radius 1 is 1.56 bits per heavy atom. The molecule has 5 nitrogen and oxygen atoms in total. The maximum Gasteiger partial charge on any atom is 0.354 e. The lowest BCUT2D eigenvalue weighted by Gasteiger charge is -1.97. The average molecular weight is 219 g/mol. The molecule has 0 amide bonds. The second kappa shape index (κ2) is 3.84. The molecule has 0 aliphatic carbocycles. The van der Waals surface area contributed by atoms with Crippen LogP contribution in [0.1, 0.15) is 17.4 Å². The molecule has 0 aromatic carbocycles. The molecule has 0 saturated heterocycles. The number of aromatic carboxylic acids is 1. The van der Waals surface area contributed by atoms with Crippen molar-refractivity contribution in [3.63, 3.8) is 0 Å². The largest absolute Gasteiger partial charge is 0.477 e. The molecule has 0 saturated carbocycles. The van der Waals surface area contributed by atoms with Crippen LogP contribution in [0, 0.1) is 0 Å². The minimum atomic E-state index is -0.948. The van der Waals surface area contributed by atoms with E-state index >= 15 is 0 Å². The molecular formula is C11H13N3O2. The molecule has 0 spiro atoms. The monoisotopic (exact) mass is 219 g/mol. The predicted octanol–water partition coefficient (Wildman–Crippen LogP) is 1.61. The van der Waals surface area contributed by atoms with Gasteiger partial charge in [0, 0.05) is 31.5 Å². The van der Waals surface area contributed by atoms with Gasteiger partial charge in [0.2, 0.25) is 0 Å². The fraction of sp³-hybridized carbons (Fsp3) is 0.273. The van der Waals surface area contributed by atoms with Crippen molar-refractivity contribution in [2.75, 3.05) is 0 Å². The molecule has 2 aromatic heterocycles. The number of nitrogens with zero attached hydrogens (tertiary/aromatic N) is 3. The van der Waals surface area contributed by atoms with Crippen LogP contribution in [0.15, 0.2) is 24.5 Å². The molecule has 0 aliphatic rings. The lowest BCUT2D eigenvalue weighted by atomic mass is 10.2. The molecule has 2 rings (SSSR count). The third kappa shape index (κ3) is 1.71. The van der Waals surface area contributed by atoms with Crippen LogP contribution in [0.2, 0.25) is 0 Å². The zero-order chi connectivity index (χ0) is 11.7. The average Bonchev–Trinajstić information content (AvgIpc) is 2.82. The first kappa shape index (κ1) is 10.5. The second-order valence-electron chi connectivity index (χ2n) is 3.60. The Morgan fingerprint density at radius 2 is 2.31 bits per heavy atom. The third-order valence-electron chi connectivity index (χ3n) is 2.43. The summed E-state index contributed by atoms with van der Waals surface area (Å²) in [5, 5.41) is 13.3. The molecule has 0 bridgehead atoms. The summed E-state index contributed by atoms with van der Waals surface area (Å²) in [5.41, 5.74) is 1.85. The van der Waals surface area contributed by atoms with Crippen molar-refractivity contribution in [3.05, 3.63) is 30.2 Å². The van der Waals surface area contributed by atoms with E-state index in [1.54, 1.807) is 6.07 Å². The molecule has 0 aliphatic heterocycles. The van der Waals surface area contributed by atoms with Gasteiger partial charge in [-0.05, 0) is 19.1 Å². The summed E-state index contributed by atoms with van der Waals surface area (Å²) in [6, 6.07) is 3.51. The molecule has 5 heteroatoms. The smallest absolute Gasteiger partial charge is 0.354 e. The number of aromatic nitrogens is 3. The number of carboxylic acid groups (broad SMARTS) is 1. The summed E-state index contributed by atoms with van der Waals surface area (Å²) in [5.74, 6) is -0.948. The van der Waals surface area contributed by atoms with Crippen LogP contribution in [0.5, 0.6) is 0 Å². The van der Waals surface area contributed by atoms with Gasteiger partial charge in [-0.3, -0.25) is 4.68 Å². The van der Waals surface area contributed by atoms with Gasteiger partial charge in [-0.1, -0.05) is 0 Å². The maximum absolute atomic E-state index is 11.0. The Hall–Kier alpha value is -2.04. The highest BCUT2D eigenvalue weighted by molar-refractivity contribution is 5.87. The van der Waals surface area contributed by atoms with Gasteiger partial charge in [0.25, 0.3) is 0 Å². The van der Waals surface area contributed by atoms with Gasteiger partial charge in [-0.25, -0.2) is 4.79 Å². The first-order chi connectivity index (χ1) is 7.61. The molecule has 0 radical (unpaired) electrons. The Morgan fingerprint density at radius 3 is 2.75 bits per heavy atom. The molecular weight excluding hydrogens is 206 g/mol. The summed E-state index contributed by atoms with van der Waals surface area (Å²) >= 11 is 0. The fourth-order valence-electron chi connectivity index (χ4n) is 1.63. The summed E-state index contributed by atoms with van der Waals surface area (Å²) in [6.45, 7) is 2.42. The number of hydrogen-bond acceptors (Lipinski definition) is 2. The van der Waals surface area contributed by atoms with Crippen LogP contribution < -0.4 is 0 Å². The van der Waals surface area contributed by atoms with E-state index in [0.29, 0.717) is 12.2 Å². The lowest BCUT2D eigenvalue weighted by molar-refractivity contribution is 0.0683. The van der Waals surface area contributed by atoms with Gasteiger partial charge in [0.05, 0.1) is 5.69 Å². The summed E-state index contributed by atoms with van der Waals surface area (Å²) in [7, 11) is 1.92. The highest BCUT2D eigenvalue weighted by Crippen LogP contribution is 2.19. The molecule has 0 atom stereocenters. The van der Waals surface area contributed by atoms with Crippen LogP contribution in [0.3, 0.4) is 0 Å². The van der Waals surface area contributed by atoms with E-state index < -0.39 is 5.97 Å². The fourth-order valence-corrected chi connectivity index (χ4v) is 1.63. The topological polar surface area (TPSA) is 60.0 Å². The highest BCUT2D eigenvalue weighted by atomic mass is 16.4. The van der Waals surface area contributed by atoms with E-state index in [2.05, 4.69) is 5.10 Å². The summed E-state index contributed by atoms with van der Waals surface area (Å²) in [6.07, 6.45) is 3.81. The van der Waals surface area contributed by atoms with Gasteiger partial charge < -0.3 is 9.67 Å². The first-order valence-corrected chi connectivity index (χ1v) is 5.05. The van der Waals surface area contributed by atoms with E-state index in [-0.39, 0.29) is 5.69 Å². The number of carbonyl (C=O) groups is 1. The normalized spacial score (nSPS) is 10.6. The zero-order valence-electron chi connectivity index (χ0n) is 9.21. The quantitative estimate of drug-likeness (QED) is 0.853. The van der Waals surface area contributed by atoms with Crippen LogP contribution in [0.4, 0.5) is 0 Å². The van der Waals surface area contributed by atoms with Gasteiger partial charge in [-0.15, -0.1) is 0 Å². The number of carboxylic acids is 1. The third-order valence-corrected chi connectivity index (χ3v) is 2.43. The van der Waals surface area contributed by atoms with Crippen molar-refractivity contribution < 1.29 is 9.90 Å².